The van der Waals surface area contributed by atoms with Gasteiger partial charge in [0.15, 0.2) is 11.9 Å². The van der Waals surface area contributed by atoms with Crippen LogP contribution in [0.15, 0.2) is 48.5 Å². The Kier molecular flexibility index (Phi) is 4.92. The Morgan fingerprint density at radius 2 is 1.97 bits per heavy atom. The van der Waals surface area contributed by atoms with E-state index in [0.29, 0.717) is 13.0 Å². The van der Waals surface area contributed by atoms with Gasteiger partial charge in [0.2, 0.25) is 0 Å². The topological polar surface area (TPSA) is 47.6 Å². The Morgan fingerprint density at radius 3 is 2.83 bits per heavy atom. The van der Waals surface area contributed by atoms with E-state index in [2.05, 4.69) is 47.8 Å². The van der Waals surface area contributed by atoms with Crippen molar-refractivity contribution in [1.82, 2.24) is 5.32 Å². The average molecular weight is 426 g/mol. The number of piperidine rings is 1. The molecule has 158 valence electrons. The molecule has 0 amide bonds. The molecule has 2 heterocycles. The molecule has 2 bridgehead atoms. The van der Waals surface area contributed by atoms with E-state index in [4.69, 9.17) is 9.47 Å². The van der Waals surface area contributed by atoms with Gasteiger partial charge >= 0.3 is 0 Å². The zero-order valence-corrected chi connectivity index (χ0v) is 17.9. The van der Waals surface area contributed by atoms with Gasteiger partial charge in [0.1, 0.15) is 5.75 Å². The third-order valence-electron chi connectivity index (χ3n) is 7.75. The number of nitrogens with one attached hydrogen (secondary N) is 1. The molecular weight excluding hydrogens is 398 g/mol. The lowest BCUT2D eigenvalue weighted by atomic mass is 9.49. The summed E-state index contributed by atoms with van der Waals surface area (Å²) in [6.45, 7) is 1.63. The maximum atomic E-state index is 13.0. The summed E-state index contributed by atoms with van der Waals surface area (Å²) in [4.78, 5) is 13.0. The molecule has 4 nitrogen and oxygen atoms in total. The van der Waals surface area contributed by atoms with E-state index in [0.717, 1.165) is 44.4 Å². The molecule has 2 aromatic carbocycles. The highest BCUT2D eigenvalue weighted by atomic mass is 35.5. The van der Waals surface area contributed by atoms with Crippen molar-refractivity contribution in [3.63, 3.8) is 0 Å². The van der Waals surface area contributed by atoms with Gasteiger partial charge in [0.25, 0.3) is 0 Å². The predicted molar refractivity (Wildman–Crippen MR) is 118 cm³/mol. The molecule has 1 N–H and O–H groups in total. The molecule has 1 saturated carbocycles. The first-order chi connectivity index (χ1) is 14.2. The van der Waals surface area contributed by atoms with Crippen LogP contribution in [0.2, 0.25) is 0 Å². The predicted octanol–water partition coefficient (Wildman–Crippen LogP) is 3.78. The van der Waals surface area contributed by atoms with E-state index >= 15 is 0 Å². The fraction of sp³-hybridized carbons (Fsp3) is 0.480. The lowest BCUT2D eigenvalue weighted by Gasteiger charge is -2.61. The zero-order valence-electron chi connectivity index (χ0n) is 17.1. The highest BCUT2D eigenvalue weighted by Crippen LogP contribution is 2.63. The zero-order chi connectivity index (χ0) is 19.5. The van der Waals surface area contributed by atoms with Crippen LogP contribution in [0.1, 0.15) is 42.4 Å². The van der Waals surface area contributed by atoms with Crippen LogP contribution in [0.4, 0.5) is 0 Å². The number of hydrogen-bond acceptors (Lipinski definition) is 4. The second-order valence-electron chi connectivity index (χ2n) is 9.01. The number of carbonyl (C=O) groups excluding carboxylic acids is 1. The molecule has 1 spiro atoms. The number of rotatable bonds is 5. The van der Waals surface area contributed by atoms with Crippen molar-refractivity contribution < 1.29 is 14.3 Å². The Bertz CT molecular complexity index is 964. The molecule has 2 aliphatic carbocycles. The van der Waals surface area contributed by atoms with Crippen molar-refractivity contribution in [2.24, 2.45) is 0 Å². The van der Waals surface area contributed by atoms with E-state index in [-0.39, 0.29) is 41.4 Å². The number of halogens is 1. The number of benzene rings is 2. The number of aryl methyl sites for hydroxylation is 1. The monoisotopic (exact) mass is 425 g/mol. The lowest BCUT2D eigenvalue weighted by molar-refractivity contribution is -0.189. The van der Waals surface area contributed by atoms with Crippen molar-refractivity contribution in [3.05, 3.63) is 65.2 Å². The standard InChI is InChI=1S/C25H27NO3.ClH/c27-19-11-12-25(28-15-5-8-17-6-2-1-3-7-17)21-16-18-9-4-10-20-22(18)24(25,13-14-26-21)23(19)29-20;/h1-4,6-7,9-10,21,23,26H,5,8,11-16H2;1H/t21-,23+,24+,25-;/m1./s1. The fourth-order valence-electron chi connectivity index (χ4n) is 6.64. The third kappa shape index (κ3) is 2.57. The van der Waals surface area contributed by atoms with E-state index < -0.39 is 0 Å². The Balaban J connectivity index is 0.00000193. The summed E-state index contributed by atoms with van der Waals surface area (Å²) < 4.78 is 13.2. The van der Waals surface area contributed by atoms with Crippen molar-refractivity contribution in [1.29, 1.82) is 0 Å². The van der Waals surface area contributed by atoms with Gasteiger partial charge in [0.05, 0.1) is 11.0 Å². The first-order valence-corrected chi connectivity index (χ1v) is 11.0. The Labute approximate surface area is 183 Å². The number of Topliss-reactive ketones (excluding diaryl/α,β-unsaturated/α-hetero) is 1. The third-order valence-corrected chi connectivity index (χ3v) is 7.75. The molecule has 30 heavy (non-hydrogen) atoms. The summed E-state index contributed by atoms with van der Waals surface area (Å²) in [5.41, 5.74) is 3.29. The Morgan fingerprint density at radius 1 is 1.10 bits per heavy atom. The van der Waals surface area contributed by atoms with Crippen LogP contribution >= 0.6 is 12.4 Å². The molecule has 4 aliphatic rings. The molecule has 6 rings (SSSR count). The molecule has 5 heteroatoms. The molecule has 0 radical (unpaired) electrons. The minimum Gasteiger partial charge on any atom is -0.481 e. The van der Waals surface area contributed by atoms with E-state index in [1.807, 2.05) is 6.07 Å². The SMILES string of the molecule is Cl.O=C1CC[C@@]2(OCCCc3ccccc3)[C@H]3Cc4cccc5c4[C@@]2(CCN3)[C@H]1O5. The summed E-state index contributed by atoms with van der Waals surface area (Å²) in [6.07, 6.45) is 4.82. The van der Waals surface area contributed by atoms with Crippen molar-refractivity contribution in [2.75, 3.05) is 13.2 Å². The highest BCUT2D eigenvalue weighted by molar-refractivity contribution is 5.89. The molecule has 2 fully saturated rings. The van der Waals surface area contributed by atoms with Gasteiger partial charge in [-0.05, 0) is 55.8 Å². The van der Waals surface area contributed by atoms with Crippen molar-refractivity contribution in [2.45, 2.75) is 61.7 Å². The van der Waals surface area contributed by atoms with Gasteiger partial charge in [-0.15, -0.1) is 12.4 Å². The smallest absolute Gasteiger partial charge is 0.174 e. The van der Waals surface area contributed by atoms with E-state index in [1.165, 1.54) is 16.7 Å². The van der Waals surface area contributed by atoms with Gasteiger partial charge < -0.3 is 14.8 Å². The normalized spacial score (nSPS) is 32.7. The molecule has 0 aromatic heterocycles. The minimum atomic E-state index is -0.383. The van der Waals surface area contributed by atoms with Crippen LogP contribution in [0.5, 0.6) is 5.75 Å². The summed E-state index contributed by atoms with van der Waals surface area (Å²) in [5.74, 6) is 1.17. The van der Waals surface area contributed by atoms with Crippen molar-refractivity contribution in [3.8, 4) is 5.75 Å². The van der Waals surface area contributed by atoms with Gasteiger partial charge in [-0.2, -0.15) is 0 Å². The van der Waals surface area contributed by atoms with Crippen LogP contribution in [0, 0.1) is 0 Å². The van der Waals surface area contributed by atoms with E-state index in [9.17, 15) is 4.79 Å². The van der Waals surface area contributed by atoms with Crippen LogP contribution < -0.4 is 10.1 Å². The molecular formula is C25H28ClNO3. The van der Waals surface area contributed by atoms with Gasteiger partial charge in [-0.3, -0.25) is 4.79 Å². The Hall–Kier alpha value is -1.88. The molecule has 2 aromatic rings. The van der Waals surface area contributed by atoms with Crippen LogP contribution in [0.3, 0.4) is 0 Å². The lowest BCUT2D eigenvalue weighted by Crippen LogP contribution is -2.77. The fourth-order valence-corrected chi connectivity index (χ4v) is 6.64. The highest BCUT2D eigenvalue weighted by Gasteiger charge is 2.72. The van der Waals surface area contributed by atoms with Gasteiger partial charge in [0, 0.05) is 24.6 Å². The van der Waals surface area contributed by atoms with Crippen LogP contribution in [-0.2, 0) is 27.8 Å². The average Bonchev–Trinajstić information content (AvgIpc) is 3.08. The summed E-state index contributed by atoms with van der Waals surface area (Å²) in [7, 11) is 0. The summed E-state index contributed by atoms with van der Waals surface area (Å²) in [5, 5.41) is 3.75. The number of carbonyl (C=O) groups is 1. The first kappa shape index (κ1) is 20.0. The van der Waals surface area contributed by atoms with Gasteiger partial charge in [-0.1, -0.05) is 42.5 Å². The number of ketones is 1. The largest absolute Gasteiger partial charge is 0.481 e. The van der Waals surface area contributed by atoms with Crippen molar-refractivity contribution >= 4 is 18.2 Å². The second-order valence-corrected chi connectivity index (χ2v) is 9.01. The first-order valence-electron chi connectivity index (χ1n) is 11.0. The minimum absolute atomic E-state index is 0. The van der Waals surface area contributed by atoms with Crippen LogP contribution in [-0.4, -0.2) is 36.7 Å². The van der Waals surface area contributed by atoms with Gasteiger partial charge in [-0.25, -0.2) is 0 Å². The maximum Gasteiger partial charge on any atom is 0.174 e. The molecule has 0 unspecified atom stereocenters. The second kappa shape index (κ2) is 7.37. The summed E-state index contributed by atoms with van der Waals surface area (Å²) in [6, 6.07) is 17.2. The quantitative estimate of drug-likeness (QED) is 0.740. The molecule has 1 saturated heterocycles. The number of ether oxygens (including phenoxy) is 2. The molecule has 4 atom stereocenters. The number of hydrogen-bond donors (Lipinski definition) is 1. The van der Waals surface area contributed by atoms with Crippen LogP contribution in [0.25, 0.3) is 0 Å². The van der Waals surface area contributed by atoms with E-state index in [1.54, 1.807) is 0 Å². The molecule has 2 aliphatic heterocycles. The summed E-state index contributed by atoms with van der Waals surface area (Å²) >= 11 is 0. The maximum absolute atomic E-state index is 13.0.